The number of rotatable bonds is 8. The minimum atomic E-state index is -0.376. The zero-order valence-electron chi connectivity index (χ0n) is 19.8. The molecule has 3 atom stereocenters. The topological polar surface area (TPSA) is 66.5 Å². The molecule has 2 saturated heterocycles. The van der Waals surface area contributed by atoms with Gasteiger partial charge in [0, 0.05) is 12.6 Å². The average molecular weight is 456 g/mol. The van der Waals surface area contributed by atoms with Gasteiger partial charge in [-0.05, 0) is 67.5 Å². The highest BCUT2D eigenvalue weighted by molar-refractivity contribution is 5.91. The maximum atomic E-state index is 12.7. The Balaban J connectivity index is 1.33. The van der Waals surface area contributed by atoms with Crippen LogP contribution in [0.25, 0.3) is 0 Å². The SMILES string of the molecule is COc1ccc([C@@H]2C[C@H]3C[C@@H](COC(=O)c4cc(OC)c(OC)c(OC)c4)CCN3C2)cc1. The molecule has 2 heterocycles. The fourth-order valence-electron chi connectivity index (χ4n) is 5.10. The number of nitrogens with zero attached hydrogens (tertiary/aromatic N) is 1. The lowest BCUT2D eigenvalue weighted by Gasteiger charge is -2.34. The zero-order valence-corrected chi connectivity index (χ0v) is 19.8. The zero-order chi connectivity index (χ0) is 23.4. The summed E-state index contributed by atoms with van der Waals surface area (Å²) in [5.74, 6) is 2.76. The maximum Gasteiger partial charge on any atom is 0.338 e. The average Bonchev–Trinajstić information content (AvgIpc) is 3.29. The molecule has 0 saturated carbocycles. The number of ether oxygens (including phenoxy) is 5. The van der Waals surface area contributed by atoms with E-state index in [4.69, 9.17) is 23.7 Å². The molecule has 0 amide bonds. The molecule has 178 valence electrons. The summed E-state index contributed by atoms with van der Waals surface area (Å²) in [5.41, 5.74) is 1.76. The van der Waals surface area contributed by atoms with Crippen molar-refractivity contribution in [2.45, 2.75) is 31.2 Å². The van der Waals surface area contributed by atoms with Gasteiger partial charge in [-0.15, -0.1) is 0 Å². The maximum absolute atomic E-state index is 12.7. The third kappa shape index (κ3) is 5.03. The van der Waals surface area contributed by atoms with E-state index in [1.165, 1.54) is 26.9 Å². The first-order valence-corrected chi connectivity index (χ1v) is 11.4. The molecule has 2 aliphatic heterocycles. The second-order valence-corrected chi connectivity index (χ2v) is 8.76. The summed E-state index contributed by atoms with van der Waals surface area (Å²) >= 11 is 0. The molecule has 0 bridgehead atoms. The molecule has 0 radical (unpaired) electrons. The van der Waals surface area contributed by atoms with Crippen LogP contribution < -0.4 is 18.9 Å². The molecule has 33 heavy (non-hydrogen) atoms. The second kappa shape index (κ2) is 10.3. The third-order valence-corrected chi connectivity index (χ3v) is 6.90. The van der Waals surface area contributed by atoms with Crippen molar-refractivity contribution in [3.63, 3.8) is 0 Å². The van der Waals surface area contributed by atoms with Crippen molar-refractivity contribution in [2.75, 3.05) is 48.1 Å². The van der Waals surface area contributed by atoms with Gasteiger partial charge in [0.15, 0.2) is 11.5 Å². The van der Waals surface area contributed by atoms with Crippen LogP contribution in [0.5, 0.6) is 23.0 Å². The van der Waals surface area contributed by atoms with E-state index in [0.29, 0.717) is 47.3 Å². The van der Waals surface area contributed by atoms with Gasteiger partial charge in [0.2, 0.25) is 5.75 Å². The minimum absolute atomic E-state index is 0.367. The van der Waals surface area contributed by atoms with E-state index >= 15 is 0 Å². The van der Waals surface area contributed by atoms with Gasteiger partial charge in [-0.3, -0.25) is 4.90 Å². The normalized spacial score (nSPS) is 22.4. The Morgan fingerprint density at radius 1 is 0.939 bits per heavy atom. The lowest BCUT2D eigenvalue weighted by molar-refractivity contribution is 0.0339. The van der Waals surface area contributed by atoms with E-state index in [-0.39, 0.29) is 5.97 Å². The number of methoxy groups -OCH3 is 4. The molecule has 2 aromatic carbocycles. The van der Waals surface area contributed by atoms with Crippen molar-refractivity contribution >= 4 is 5.97 Å². The van der Waals surface area contributed by atoms with Crippen molar-refractivity contribution in [1.29, 1.82) is 0 Å². The van der Waals surface area contributed by atoms with Crippen LogP contribution in [0.15, 0.2) is 36.4 Å². The number of benzene rings is 2. The summed E-state index contributed by atoms with van der Waals surface area (Å²) in [6.45, 7) is 2.56. The predicted octanol–water partition coefficient (Wildman–Crippen LogP) is 4.15. The Labute approximate surface area is 195 Å². The van der Waals surface area contributed by atoms with Crippen LogP contribution in [0.4, 0.5) is 0 Å². The lowest BCUT2D eigenvalue weighted by atomic mass is 9.89. The Morgan fingerprint density at radius 3 is 2.24 bits per heavy atom. The first-order chi connectivity index (χ1) is 16.1. The van der Waals surface area contributed by atoms with Crippen molar-refractivity contribution in [3.8, 4) is 23.0 Å². The van der Waals surface area contributed by atoms with Crippen molar-refractivity contribution < 1.29 is 28.5 Å². The summed E-state index contributed by atoms with van der Waals surface area (Å²) in [7, 11) is 6.29. The highest BCUT2D eigenvalue weighted by atomic mass is 16.5. The number of hydrogen-bond donors (Lipinski definition) is 0. The van der Waals surface area contributed by atoms with Crippen LogP contribution in [-0.4, -0.2) is 65.0 Å². The van der Waals surface area contributed by atoms with Crippen LogP contribution in [0.3, 0.4) is 0 Å². The quantitative estimate of drug-likeness (QED) is 0.554. The molecule has 7 heteroatoms. The van der Waals surface area contributed by atoms with Gasteiger partial charge in [-0.1, -0.05) is 12.1 Å². The van der Waals surface area contributed by atoms with Gasteiger partial charge < -0.3 is 23.7 Å². The Morgan fingerprint density at radius 2 is 1.64 bits per heavy atom. The second-order valence-electron chi connectivity index (χ2n) is 8.76. The van der Waals surface area contributed by atoms with E-state index in [9.17, 15) is 4.79 Å². The van der Waals surface area contributed by atoms with Gasteiger partial charge in [0.1, 0.15) is 5.75 Å². The highest BCUT2D eigenvalue weighted by Gasteiger charge is 2.37. The van der Waals surface area contributed by atoms with E-state index < -0.39 is 0 Å². The Bertz CT molecular complexity index is 935. The molecule has 0 N–H and O–H groups in total. The van der Waals surface area contributed by atoms with E-state index in [1.807, 2.05) is 12.1 Å². The number of carbonyl (C=O) groups is 1. The van der Waals surface area contributed by atoms with Gasteiger partial charge in [0.05, 0.1) is 40.6 Å². The van der Waals surface area contributed by atoms with E-state index in [1.54, 1.807) is 19.2 Å². The largest absolute Gasteiger partial charge is 0.497 e. The number of piperidine rings is 1. The molecule has 0 spiro atoms. The third-order valence-electron chi connectivity index (χ3n) is 6.90. The predicted molar refractivity (Wildman–Crippen MR) is 125 cm³/mol. The molecular weight excluding hydrogens is 422 g/mol. The number of fused-ring (bicyclic) bond motifs is 1. The molecule has 4 rings (SSSR count). The molecule has 2 aromatic rings. The standard InChI is InChI=1S/C26H33NO6/c1-29-22-7-5-18(6-8-22)20-12-21-11-17(9-10-27(21)15-20)16-33-26(28)19-13-23(30-2)25(32-4)24(14-19)31-3/h5-8,13-14,17,20-21H,9-12,15-16H2,1-4H3/t17-,20+,21+/m0/s1. The first-order valence-electron chi connectivity index (χ1n) is 11.4. The molecule has 0 aliphatic carbocycles. The van der Waals surface area contributed by atoms with E-state index in [2.05, 4.69) is 17.0 Å². The summed E-state index contributed by atoms with van der Waals surface area (Å²) in [5, 5.41) is 0. The van der Waals surface area contributed by atoms with Crippen molar-refractivity contribution in [2.24, 2.45) is 5.92 Å². The summed E-state index contributed by atoms with van der Waals surface area (Å²) in [4.78, 5) is 15.3. The van der Waals surface area contributed by atoms with Crippen LogP contribution in [-0.2, 0) is 4.74 Å². The number of hydrogen-bond acceptors (Lipinski definition) is 7. The molecular formula is C26H33NO6. The summed E-state index contributed by atoms with van der Waals surface area (Å²) in [6.07, 6.45) is 3.23. The van der Waals surface area contributed by atoms with Gasteiger partial charge in [-0.25, -0.2) is 4.79 Å². The summed E-state index contributed by atoms with van der Waals surface area (Å²) < 4.78 is 27.0. The summed E-state index contributed by atoms with van der Waals surface area (Å²) in [6, 6.07) is 12.2. The van der Waals surface area contributed by atoms with Crippen LogP contribution in [0.2, 0.25) is 0 Å². The molecule has 0 unspecified atom stereocenters. The fourth-order valence-corrected chi connectivity index (χ4v) is 5.10. The molecule has 2 aliphatic rings. The fraction of sp³-hybridized carbons (Fsp3) is 0.500. The smallest absolute Gasteiger partial charge is 0.338 e. The van der Waals surface area contributed by atoms with Crippen molar-refractivity contribution in [3.05, 3.63) is 47.5 Å². The molecule has 7 nitrogen and oxygen atoms in total. The van der Waals surface area contributed by atoms with Gasteiger partial charge >= 0.3 is 5.97 Å². The van der Waals surface area contributed by atoms with Crippen LogP contribution >= 0.6 is 0 Å². The minimum Gasteiger partial charge on any atom is -0.497 e. The Kier molecular flexibility index (Phi) is 7.28. The van der Waals surface area contributed by atoms with E-state index in [0.717, 1.165) is 38.1 Å². The van der Waals surface area contributed by atoms with Crippen molar-refractivity contribution in [1.82, 2.24) is 4.90 Å². The monoisotopic (exact) mass is 455 g/mol. The molecule has 0 aromatic heterocycles. The highest BCUT2D eigenvalue weighted by Crippen LogP contribution is 2.40. The lowest BCUT2D eigenvalue weighted by Crippen LogP contribution is -2.39. The van der Waals surface area contributed by atoms with Gasteiger partial charge in [0.25, 0.3) is 0 Å². The Hall–Kier alpha value is -2.93. The number of esters is 1. The molecule has 2 fully saturated rings. The van der Waals surface area contributed by atoms with Gasteiger partial charge in [-0.2, -0.15) is 0 Å². The number of carbonyl (C=O) groups excluding carboxylic acids is 1. The first kappa shape index (κ1) is 23.2. The van der Waals surface area contributed by atoms with Crippen LogP contribution in [0, 0.1) is 5.92 Å². The van der Waals surface area contributed by atoms with Crippen LogP contribution in [0.1, 0.15) is 41.1 Å².